The van der Waals surface area contributed by atoms with Gasteiger partial charge in [-0.3, -0.25) is 9.48 Å². The Kier molecular flexibility index (Phi) is 4.72. The van der Waals surface area contributed by atoms with E-state index in [9.17, 15) is 4.79 Å². The number of aryl methyl sites for hydroxylation is 1. The van der Waals surface area contributed by atoms with Crippen molar-refractivity contribution < 1.29 is 4.79 Å². The van der Waals surface area contributed by atoms with Crippen LogP contribution >= 0.6 is 0 Å². The third-order valence-corrected chi connectivity index (χ3v) is 4.53. The van der Waals surface area contributed by atoms with Gasteiger partial charge in [0.2, 0.25) is 0 Å². The summed E-state index contributed by atoms with van der Waals surface area (Å²) in [6.07, 6.45) is 5.12. The molecule has 0 aliphatic heterocycles. The Balaban J connectivity index is 1.52. The number of hydrogen-bond acceptors (Lipinski definition) is 4. The number of benzene rings is 1. The second-order valence-corrected chi connectivity index (χ2v) is 6.50. The monoisotopic (exact) mass is 372 g/mol. The second kappa shape index (κ2) is 7.48. The van der Waals surface area contributed by atoms with Crippen LogP contribution in [0.3, 0.4) is 0 Å². The molecule has 0 aliphatic rings. The van der Waals surface area contributed by atoms with Crippen LogP contribution in [0.25, 0.3) is 5.82 Å². The Morgan fingerprint density at radius 3 is 2.57 bits per heavy atom. The van der Waals surface area contributed by atoms with Gasteiger partial charge in [-0.1, -0.05) is 30.3 Å². The summed E-state index contributed by atoms with van der Waals surface area (Å²) < 4.78 is 3.52. The van der Waals surface area contributed by atoms with Crippen molar-refractivity contribution in [3.05, 3.63) is 89.6 Å². The number of nitrogens with zero attached hydrogens (tertiary/aromatic N) is 5. The second-order valence-electron chi connectivity index (χ2n) is 6.50. The molecule has 0 atom stereocenters. The maximum absolute atomic E-state index is 12.8. The molecule has 3 heterocycles. The minimum Gasteiger partial charge on any atom is -0.320 e. The summed E-state index contributed by atoms with van der Waals surface area (Å²) in [7, 11) is 0. The van der Waals surface area contributed by atoms with Gasteiger partial charge in [0.05, 0.1) is 29.7 Å². The van der Waals surface area contributed by atoms with Gasteiger partial charge in [0.25, 0.3) is 5.91 Å². The van der Waals surface area contributed by atoms with Gasteiger partial charge in [0.15, 0.2) is 5.82 Å². The summed E-state index contributed by atoms with van der Waals surface area (Å²) >= 11 is 0. The first-order chi connectivity index (χ1) is 13.6. The molecule has 0 aliphatic carbocycles. The van der Waals surface area contributed by atoms with Crippen LogP contribution in [0.5, 0.6) is 0 Å². The van der Waals surface area contributed by atoms with Crippen molar-refractivity contribution in [2.45, 2.75) is 20.4 Å². The Labute approximate surface area is 162 Å². The smallest absolute Gasteiger partial charge is 0.259 e. The molecule has 0 saturated carbocycles. The van der Waals surface area contributed by atoms with Crippen LogP contribution in [0.4, 0.5) is 5.69 Å². The molecule has 3 aromatic heterocycles. The summed E-state index contributed by atoms with van der Waals surface area (Å²) in [4.78, 5) is 17.2. The molecular weight excluding hydrogens is 352 g/mol. The lowest BCUT2D eigenvalue weighted by Gasteiger charge is -2.08. The molecule has 4 aromatic rings. The van der Waals surface area contributed by atoms with Crippen LogP contribution in [-0.4, -0.2) is 30.5 Å². The largest absolute Gasteiger partial charge is 0.320 e. The van der Waals surface area contributed by atoms with Crippen LogP contribution in [0.2, 0.25) is 0 Å². The number of carbonyl (C=O) groups is 1. The first-order valence-corrected chi connectivity index (χ1v) is 8.97. The van der Waals surface area contributed by atoms with Crippen molar-refractivity contribution in [1.29, 1.82) is 0 Å². The van der Waals surface area contributed by atoms with Crippen molar-refractivity contribution in [3.63, 3.8) is 0 Å². The maximum atomic E-state index is 12.8. The predicted molar refractivity (Wildman–Crippen MR) is 107 cm³/mol. The Bertz CT molecular complexity index is 1080. The third kappa shape index (κ3) is 3.55. The lowest BCUT2D eigenvalue weighted by atomic mass is 10.1. The van der Waals surface area contributed by atoms with E-state index in [1.54, 1.807) is 29.2 Å². The SMILES string of the molecule is Cc1nn(Cc2ccccc2)c(C)c1C(=O)Nc1ccc(-n2cccn2)nc1. The van der Waals surface area contributed by atoms with Crippen LogP contribution in [0.15, 0.2) is 67.1 Å². The maximum Gasteiger partial charge on any atom is 0.259 e. The molecule has 0 unspecified atom stereocenters. The molecule has 0 radical (unpaired) electrons. The summed E-state index contributed by atoms with van der Waals surface area (Å²) in [6.45, 7) is 4.39. The van der Waals surface area contributed by atoms with E-state index in [1.165, 1.54) is 0 Å². The Morgan fingerprint density at radius 1 is 1.07 bits per heavy atom. The highest BCUT2D eigenvalue weighted by Crippen LogP contribution is 2.17. The van der Waals surface area contributed by atoms with Gasteiger partial charge in [-0.15, -0.1) is 0 Å². The fourth-order valence-corrected chi connectivity index (χ4v) is 3.13. The first-order valence-electron chi connectivity index (χ1n) is 8.97. The van der Waals surface area contributed by atoms with Gasteiger partial charge in [0.1, 0.15) is 0 Å². The molecule has 7 heteroatoms. The van der Waals surface area contributed by atoms with Crippen LogP contribution in [0, 0.1) is 13.8 Å². The molecule has 0 fully saturated rings. The topological polar surface area (TPSA) is 77.6 Å². The van der Waals surface area contributed by atoms with Crippen molar-refractivity contribution in [3.8, 4) is 5.82 Å². The summed E-state index contributed by atoms with van der Waals surface area (Å²) in [5, 5.41) is 11.6. The zero-order valence-electron chi connectivity index (χ0n) is 15.7. The number of hydrogen-bond donors (Lipinski definition) is 1. The molecule has 0 bridgehead atoms. The van der Waals surface area contributed by atoms with Crippen molar-refractivity contribution in [2.75, 3.05) is 5.32 Å². The molecule has 28 heavy (non-hydrogen) atoms. The highest BCUT2D eigenvalue weighted by Gasteiger charge is 2.19. The minimum absolute atomic E-state index is 0.192. The third-order valence-electron chi connectivity index (χ3n) is 4.53. The standard InChI is InChI=1S/C21H20N6O/c1-15-20(16(2)27(25-15)14-17-7-4-3-5-8-17)21(28)24-18-9-10-19(22-13-18)26-12-6-11-23-26/h3-13H,14H2,1-2H3,(H,24,28). The van der Waals surface area contributed by atoms with E-state index in [0.29, 0.717) is 29.3 Å². The molecular formula is C21H20N6O. The van der Waals surface area contributed by atoms with Crippen molar-refractivity contribution in [2.24, 2.45) is 0 Å². The average Bonchev–Trinajstić information content (AvgIpc) is 3.32. The Morgan fingerprint density at radius 2 is 1.89 bits per heavy atom. The van der Waals surface area contributed by atoms with Gasteiger partial charge in [-0.05, 0) is 37.6 Å². The fourth-order valence-electron chi connectivity index (χ4n) is 3.13. The summed E-state index contributed by atoms with van der Waals surface area (Å²) in [6, 6.07) is 15.5. The summed E-state index contributed by atoms with van der Waals surface area (Å²) in [5.41, 5.74) is 3.88. The van der Waals surface area contributed by atoms with Crippen LogP contribution < -0.4 is 5.32 Å². The van der Waals surface area contributed by atoms with Crippen LogP contribution in [0.1, 0.15) is 27.3 Å². The molecule has 0 saturated heterocycles. The van der Waals surface area contributed by atoms with Crippen LogP contribution in [-0.2, 0) is 6.54 Å². The first kappa shape index (κ1) is 17.7. The molecule has 1 amide bonds. The quantitative estimate of drug-likeness (QED) is 0.583. The highest BCUT2D eigenvalue weighted by atomic mass is 16.1. The van der Waals surface area contributed by atoms with E-state index in [2.05, 4.69) is 20.5 Å². The fraction of sp³-hybridized carbons (Fsp3) is 0.143. The molecule has 4 rings (SSSR count). The number of aromatic nitrogens is 5. The number of anilines is 1. The number of pyridine rings is 1. The number of carbonyl (C=O) groups excluding carboxylic acids is 1. The number of nitrogens with one attached hydrogen (secondary N) is 1. The van der Waals surface area contributed by atoms with Gasteiger partial charge in [0, 0.05) is 18.1 Å². The molecule has 140 valence electrons. The van der Waals surface area contributed by atoms with E-state index in [-0.39, 0.29) is 5.91 Å². The van der Waals surface area contributed by atoms with E-state index in [4.69, 9.17) is 0 Å². The lowest BCUT2D eigenvalue weighted by molar-refractivity contribution is 0.102. The summed E-state index contributed by atoms with van der Waals surface area (Å²) in [5.74, 6) is 0.494. The predicted octanol–water partition coefficient (Wildman–Crippen LogP) is 3.38. The number of rotatable bonds is 5. The normalized spacial score (nSPS) is 10.8. The van der Waals surface area contributed by atoms with Crippen molar-refractivity contribution >= 4 is 11.6 Å². The van der Waals surface area contributed by atoms with Crippen molar-refractivity contribution in [1.82, 2.24) is 24.5 Å². The molecule has 1 aromatic carbocycles. The van der Waals surface area contributed by atoms with Gasteiger partial charge < -0.3 is 5.32 Å². The van der Waals surface area contributed by atoms with E-state index < -0.39 is 0 Å². The molecule has 0 spiro atoms. The zero-order chi connectivity index (χ0) is 19.5. The average molecular weight is 372 g/mol. The Hall–Kier alpha value is -3.74. The van der Waals surface area contributed by atoms with Gasteiger partial charge in [-0.2, -0.15) is 10.2 Å². The molecule has 1 N–H and O–H groups in total. The highest BCUT2D eigenvalue weighted by molar-refractivity contribution is 6.05. The van der Waals surface area contributed by atoms with E-state index >= 15 is 0 Å². The zero-order valence-corrected chi connectivity index (χ0v) is 15.7. The number of amides is 1. The van der Waals surface area contributed by atoms with Gasteiger partial charge >= 0.3 is 0 Å². The van der Waals surface area contributed by atoms with E-state index in [1.807, 2.05) is 61.1 Å². The van der Waals surface area contributed by atoms with Gasteiger partial charge in [-0.25, -0.2) is 9.67 Å². The lowest BCUT2D eigenvalue weighted by Crippen LogP contribution is -2.15. The minimum atomic E-state index is -0.192. The van der Waals surface area contributed by atoms with E-state index in [0.717, 1.165) is 11.3 Å². The molecule has 7 nitrogen and oxygen atoms in total.